The normalized spacial score (nSPS) is 10.8. The van der Waals surface area contributed by atoms with E-state index >= 15 is 0 Å². The number of esters is 1. The Morgan fingerprint density at radius 1 is 1.70 bits per heavy atom. The van der Waals surface area contributed by atoms with Gasteiger partial charge in [0.05, 0.1) is 13.5 Å². The first-order valence-electron chi connectivity index (χ1n) is 3.09. The molecule has 2 heteroatoms. The Kier molecular flexibility index (Phi) is 4.29. The highest BCUT2D eigenvalue weighted by Crippen LogP contribution is 2.02. The van der Waals surface area contributed by atoms with E-state index in [2.05, 4.69) is 11.3 Å². The van der Waals surface area contributed by atoms with Crippen LogP contribution in [0.4, 0.5) is 0 Å². The highest BCUT2D eigenvalue weighted by atomic mass is 16.5. The molecule has 10 heavy (non-hydrogen) atoms. The van der Waals surface area contributed by atoms with Crippen molar-refractivity contribution in [3.8, 4) is 0 Å². The molecule has 0 atom stereocenters. The van der Waals surface area contributed by atoms with Crippen LogP contribution in [0, 0.1) is 0 Å². The van der Waals surface area contributed by atoms with E-state index in [0.29, 0.717) is 6.42 Å². The van der Waals surface area contributed by atoms with Gasteiger partial charge in [-0.05, 0) is 12.5 Å². The van der Waals surface area contributed by atoms with Crippen LogP contribution in [0.2, 0.25) is 0 Å². The molecule has 0 spiro atoms. The molecule has 0 aliphatic rings. The van der Waals surface area contributed by atoms with Gasteiger partial charge in [0.1, 0.15) is 0 Å². The van der Waals surface area contributed by atoms with E-state index in [1.165, 1.54) is 7.11 Å². The minimum absolute atomic E-state index is 0.229. The fourth-order valence-electron chi connectivity index (χ4n) is 0.531. The molecule has 0 aromatic carbocycles. The quantitative estimate of drug-likeness (QED) is 0.440. The molecule has 0 amide bonds. The van der Waals surface area contributed by atoms with E-state index in [9.17, 15) is 4.79 Å². The van der Waals surface area contributed by atoms with Crippen LogP contribution in [0.3, 0.4) is 0 Å². The zero-order valence-corrected chi connectivity index (χ0v) is 6.39. The van der Waals surface area contributed by atoms with Gasteiger partial charge in [0.15, 0.2) is 0 Å². The Labute approximate surface area is 61.2 Å². The first kappa shape index (κ1) is 8.95. The predicted molar refractivity (Wildman–Crippen MR) is 40.6 cm³/mol. The Bertz CT molecular complexity index is 157. The molecule has 0 saturated heterocycles. The van der Waals surface area contributed by atoms with Crippen LogP contribution < -0.4 is 0 Å². The number of carbonyl (C=O) groups is 1. The van der Waals surface area contributed by atoms with Gasteiger partial charge in [0, 0.05) is 0 Å². The van der Waals surface area contributed by atoms with Gasteiger partial charge in [-0.3, -0.25) is 4.79 Å². The van der Waals surface area contributed by atoms with Crippen LogP contribution in [-0.2, 0) is 9.53 Å². The third-order valence-electron chi connectivity index (χ3n) is 1.21. The van der Waals surface area contributed by atoms with Gasteiger partial charge in [0.25, 0.3) is 0 Å². The van der Waals surface area contributed by atoms with Crippen LogP contribution >= 0.6 is 0 Å². The van der Waals surface area contributed by atoms with Crippen molar-refractivity contribution in [3.05, 3.63) is 24.3 Å². The van der Waals surface area contributed by atoms with Crippen LogP contribution in [0.5, 0.6) is 0 Å². The highest BCUT2D eigenvalue weighted by molar-refractivity contribution is 5.72. The Balaban J connectivity index is 3.87. The van der Waals surface area contributed by atoms with Crippen molar-refractivity contribution in [1.29, 1.82) is 0 Å². The summed E-state index contributed by atoms with van der Waals surface area (Å²) in [5.74, 6) is -0.229. The van der Waals surface area contributed by atoms with Crippen molar-refractivity contribution in [2.45, 2.75) is 13.3 Å². The summed E-state index contributed by atoms with van der Waals surface area (Å²) in [7, 11) is 1.37. The van der Waals surface area contributed by atoms with E-state index in [4.69, 9.17) is 0 Å². The van der Waals surface area contributed by atoms with Crippen molar-refractivity contribution < 1.29 is 9.53 Å². The topological polar surface area (TPSA) is 26.3 Å². The summed E-state index contributed by atoms with van der Waals surface area (Å²) in [5, 5.41) is 0. The van der Waals surface area contributed by atoms with Crippen molar-refractivity contribution in [2.24, 2.45) is 0 Å². The van der Waals surface area contributed by atoms with Gasteiger partial charge in [0.2, 0.25) is 0 Å². The van der Waals surface area contributed by atoms with Gasteiger partial charge in [-0.2, -0.15) is 0 Å². The van der Waals surface area contributed by atoms with Crippen LogP contribution in [0.1, 0.15) is 13.3 Å². The Morgan fingerprint density at radius 3 is 2.60 bits per heavy atom. The summed E-state index contributed by atoms with van der Waals surface area (Å²) in [4.78, 5) is 10.6. The number of methoxy groups -OCH3 is 1. The highest BCUT2D eigenvalue weighted by Gasteiger charge is 1.99. The number of ether oxygens (including phenoxy) is 1. The minimum atomic E-state index is -0.229. The molecule has 0 N–H and O–H groups in total. The van der Waals surface area contributed by atoms with Gasteiger partial charge >= 0.3 is 5.97 Å². The number of hydrogen-bond donors (Lipinski definition) is 0. The Morgan fingerprint density at radius 2 is 2.30 bits per heavy atom. The second kappa shape index (κ2) is 4.79. The second-order valence-electron chi connectivity index (χ2n) is 1.82. The van der Waals surface area contributed by atoms with Crippen LogP contribution in [0.15, 0.2) is 24.3 Å². The molecule has 2 nitrogen and oxygen atoms in total. The van der Waals surface area contributed by atoms with Gasteiger partial charge in [-0.15, -0.1) is 0 Å². The molecule has 0 aromatic heterocycles. The molecule has 0 aliphatic carbocycles. The number of rotatable bonds is 3. The first-order chi connectivity index (χ1) is 4.74. The SMILES string of the molecule is C=C/C(=C\C)CC(=O)OC. The lowest BCUT2D eigenvalue weighted by Gasteiger charge is -1.97. The maximum absolute atomic E-state index is 10.6. The van der Waals surface area contributed by atoms with E-state index in [-0.39, 0.29) is 5.97 Å². The lowest BCUT2D eigenvalue weighted by Crippen LogP contribution is -2.00. The van der Waals surface area contributed by atoms with Gasteiger partial charge < -0.3 is 4.74 Å². The van der Waals surface area contributed by atoms with E-state index in [1.807, 2.05) is 13.0 Å². The molecule has 0 radical (unpaired) electrons. The molecular formula is C8H12O2. The monoisotopic (exact) mass is 140 g/mol. The van der Waals surface area contributed by atoms with E-state index in [0.717, 1.165) is 5.57 Å². The summed E-state index contributed by atoms with van der Waals surface area (Å²) in [5.41, 5.74) is 0.895. The smallest absolute Gasteiger partial charge is 0.309 e. The standard InChI is InChI=1S/C8H12O2/c1-4-7(5-2)6-8(9)10-3/h4-5H,1,6H2,2-3H3/b7-5+. The number of hydrogen-bond acceptors (Lipinski definition) is 2. The summed E-state index contributed by atoms with van der Waals surface area (Å²) in [6, 6.07) is 0. The van der Waals surface area contributed by atoms with E-state index in [1.54, 1.807) is 6.08 Å². The van der Waals surface area contributed by atoms with Crippen molar-refractivity contribution in [1.82, 2.24) is 0 Å². The van der Waals surface area contributed by atoms with Crippen LogP contribution in [-0.4, -0.2) is 13.1 Å². The number of allylic oxidation sites excluding steroid dienone is 2. The average molecular weight is 140 g/mol. The third kappa shape index (κ3) is 3.07. The van der Waals surface area contributed by atoms with Gasteiger partial charge in [-0.25, -0.2) is 0 Å². The second-order valence-corrected chi connectivity index (χ2v) is 1.82. The molecule has 0 aromatic rings. The molecule has 0 rings (SSSR count). The largest absolute Gasteiger partial charge is 0.469 e. The molecular weight excluding hydrogens is 128 g/mol. The zero-order chi connectivity index (χ0) is 7.98. The van der Waals surface area contributed by atoms with Crippen molar-refractivity contribution in [2.75, 3.05) is 7.11 Å². The fourth-order valence-corrected chi connectivity index (χ4v) is 0.531. The maximum atomic E-state index is 10.6. The summed E-state index contributed by atoms with van der Waals surface area (Å²) in [6.45, 7) is 5.40. The maximum Gasteiger partial charge on any atom is 0.309 e. The fraction of sp³-hybridized carbons (Fsp3) is 0.375. The predicted octanol–water partition coefficient (Wildman–Crippen LogP) is 1.68. The molecule has 0 unspecified atom stereocenters. The molecule has 0 bridgehead atoms. The van der Waals surface area contributed by atoms with Crippen molar-refractivity contribution >= 4 is 5.97 Å². The lowest BCUT2D eigenvalue weighted by molar-refractivity contribution is -0.139. The van der Waals surface area contributed by atoms with Gasteiger partial charge in [-0.1, -0.05) is 18.7 Å². The molecule has 0 fully saturated rings. The summed E-state index contributed by atoms with van der Waals surface area (Å²) >= 11 is 0. The Hall–Kier alpha value is -1.05. The summed E-state index contributed by atoms with van der Waals surface area (Å²) in [6.07, 6.45) is 3.80. The molecule has 0 heterocycles. The molecule has 0 saturated carbocycles. The molecule has 0 aliphatic heterocycles. The van der Waals surface area contributed by atoms with Crippen molar-refractivity contribution in [3.63, 3.8) is 0 Å². The van der Waals surface area contributed by atoms with E-state index < -0.39 is 0 Å². The lowest BCUT2D eigenvalue weighted by atomic mass is 10.2. The number of carbonyl (C=O) groups excluding carboxylic acids is 1. The zero-order valence-electron chi connectivity index (χ0n) is 6.39. The third-order valence-corrected chi connectivity index (χ3v) is 1.21. The first-order valence-corrected chi connectivity index (χ1v) is 3.09. The average Bonchev–Trinajstić information content (AvgIpc) is 1.99. The van der Waals surface area contributed by atoms with Crippen LogP contribution in [0.25, 0.3) is 0 Å². The summed E-state index contributed by atoms with van der Waals surface area (Å²) < 4.78 is 4.46. The molecule has 56 valence electrons. The minimum Gasteiger partial charge on any atom is -0.469 e.